The minimum Gasteiger partial charge on any atom is -0.382 e. The van der Waals surface area contributed by atoms with Crippen LogP contribution >= 0.6 is 0 Å². The van der Waals surface area contributed by atoms with Crippen molar-refractivity contribution >= 4 is 17.3 Å². The van der Waals surface area contributed by atoms with Crippen molar-refractivity contribution in [2.24, 2.45) is 0 Å². The number of anilines is 2. The number of nitrogens with zero attached hydrogens (tertiary/aromatic N) is 2. The van der Waals surface area contributed by atoms with Crippen molar-refractivity contribution in [3.63, 3.8) is 0 Å². The number of hydrogen-bond donors (Lipinski definition) is 1. The van der Waals surface area contributed by atoms with Gasteiger partial charge in [0.15, 0.2) is 0 Å². The maximum atomic E-state index is 13.4. The first-order valence-electron chi connectivity index (χ1n) is 19.9. The SMILES string of the molecule is CCN(CC)c1ccc(NC(=O)c2cccc(CCCOCCOCCOCCOCCOCCOCCOCCOCCOC)c2)c(-c2cc(C)ccn2)c1. The lowest BCUT2D eigenvalue weighted by Crippen LogP contribution is -2.22. The van der Waals surface area contributed by atoms with Crippen LogP contribution in [0.2, 0.25) is 0 Å². The summed E-state index contributed by atoms with van der Waals surface area (Å²) in [7, 11) is 1.65. The van der Waals surface area contributed by atoms with Crippen LogP contribution in [0.1, 0.15) is 41.8 Å². The first-order chi connectivity index (χ1) is 27.5. The van der Waals surface area contributed by atoms with Crippen molar-refractivity contribution in [1.82, 2.24) is 4.98 Å². The number of rotatable bonds is 34. The van der Waals surface area contributed by atoms with Gasteiger partial charge in [-0.25, -0.2) is 0 Å². The molecule has 0 aliphatic carbocycles. The number of carbonyl (C=O) groups excluding carboxylic acids is 1. The standard InChI is InChI=1S/C43H65N3O10/c1-5-46(6-2)39-12-13-41(40(35-39)42-33-36(3)14-15-44-42)45-43(47)38-11-7-9-37(34-38)10-8-16-49-19-20-51-23-24-53-27-28-55-31-32-56-30-29-54-26-25-52-22-21-50-18-17-48-4/h7,9,11-15,33-35H,5-6,8,10,16-32H2,1-4H3,(H,45,47). The molecule has 0 saturated carbocycles. The molecule has 1 aromatic heterocycles. The Hall–Kier alpha value is -3.50. The Morgan fingerprint density at radius 2 is 1.14 bits per heavy atom. The fourth-order valence-corrected chi connectivity index (χ4v) is 5.55. The molecule has 3 aromatic rings. The second-order valence-electron chi connectivity index (χ2n) is 12.8. The fraction of sp³-hybridized carbons (Fsp3) is 0.581. The van der Waals surface area contributed by atoms with Crippen LogP contribution in [0.15, 0.2) is 60.8 Å². The molecule has 2 aromatic carbocycles. The lowest BCUT2D eigenvalue weighted by Gasteiger charge is -2.23. The summed E-state index contributed by atoms with van der Waals surface area (Å²) in [5, 5.41) is 3.15. The molecule has 3 rings (SSSR count). The summed E-state index contributed by atoms with van der Waals surface area (Å²) in [5.74, 6) is -0.154. The number of amides is 1. The predicted octanol–water partition coefficient (Wildman–Crippen LogP) is 5.87. The molecule has 0 aliphatic rings. The van der Waals surface area contributed by atoms with Gasteiger partial charge in [-0.3, -0.25) is 9.78 Å². The van der Waals surface area contributed by atoms with Crippen LogP contribution in [-0.2, 0) is 49.1 Å². The molecule has 0 unspecified atom stereocenters. The number of aromatic nitrogens is 1. The number of hydrogen-bond acceptors (Lipinski definition) is 12. The van der Waals surface area contributed by atoms with E-state index in [0.29, 0.717) is 118 Å². The third-order valence-corrected chi connectivity index (χ3v) is 8.55. The molecule has 56 heavy (non-hydrogen) atoms. The van der Waals surface area contributed by atoms with Crippen LogP contribution in [0, 0.1) is 6.92 Å². The smallest absolute Gasteiger partial charge is 0.255 e. The van der Waals surface area contributed by atoms with Crippen LogP contribution in [0.4, 0.5) is 11.4 Å². The Balaban J connectivity index is 1.18. The van der Waals surface area contributed by atoms with Gasteiger partial charge in [-0.05, 0) is 87.2 Å². The monoisotopic (exact) mass is 783 g/mol. The molecule has 0 fully saturated rings. The number of nitrogens with one attached hydrogen (secondary N) is 1. The molecule has 0 atom stereocenters. The van der Waals surface area contributed by atoms with E-state index < -0.39 is 0 Å². The number of carbonyl (C=O) groups is 1. The normalized spacial score (nSPS) is 11.3. The number of ether oxygens (including phenoxy) is 9. The zero-order chi connectivity index (χ0) is 39.9. The van der Waals surface area contributed by atoms with Gasteiger partial charge in [-0.15, -0.1) is 0 Å². The molecule has 0 radical (unpaired) electrons. The minimum atomic E-state index is -0.154. The van der Waals surface area contributed by atoms with Crippen LogP contribution < -0.4 is 10.2 Å². The van der Waals surface area contributed by atoms with Gasteiger partial charge in [0.05, 0.1) is 117 Å². The van der Waals surface area contributed by atoms with E-state index in [1.807, 2.05) is 49.4 Å². The van der Waals surface area contributed by atoms with Crippen LogP contribution in [0.25, 0.3) is 11.3 Å². The van der Waals surface area contributed by atoms with Gasteiger partial charge in [0, 0.05) is 49.8 Å². The van der Waals surface area contributed by atoms with Gasteiger partial charge in [0.25, 0.3) is 5.91 Å². The van der Waals surface area contributed by atoms with E-state index in [1.54, 1.807) is 13.3 Å². The molecule has 1 amide bonds. The highest BCUT2D eigenvalue weighted by molar-refractivity contribution is 6.06. The van der Waals surface area contributed by atoms with E-state index in [2.05, 4.69) is 41.2 Å². The summed E-state index contributed by atoms with van der Waals surface area (Å²) in [6, 6.07) is 17.9. The first kappa shape index (κ1) is 46.9. The number of methoxy groups -OCH3 is 1. The van der Waals surface area contributed by atoms with Crippen LogP contribution in [0.5, 0.6) is 0 Å². The third kappa shape index (κ3) is 20.1. The van der Waals surface area contributed by atoms with E-state index in [0.717, 1.165) is 59.7 Å². The Kier molecular flexibility index (Phi) is 25.6. The molecule has 312 valence electrons. The van der Waals surface area contributed by atoms with Crippen molar-refractivity contribution in [3.05, 3.63) is 77.5 Å². The molecule has 0 aliphatic heterocycles. The van der Waals surface area contributed by atoms with Crippen molar-refractivity contribution in [2.75, 3.05) is 143 Å². The summed E-state index contributed by atoms with van der Waals surface area (Å²) in [5.41, 5.74) is 6.37. The van der Waals surface area contributed by atoms with Crippen LogP contribution in [-0.4, -0.2) is 143 Å². The molecular weight excluding hydrogens is 718 g/mol. The highest BCUT2D eigenvalue weighted by atomic mass is 16.6. The summed E-state index contributed by atoms with van der Waals surface area (Å²) >= 11 is 0. The van der Waals surface area contributed by atoms with Gasteiger partial charge in [0.2, 0.25) is 0 Å². The van der Waals surface area contributed by atoms with E-state index in [1.165, 1.54) is 0 Å². The summed E-state index contributed by atoms with van der Waals surface area (Å²) < 4.78 is 49.0. The van der Waals surface area contributed by atoms with Gasteiger partial charge in [-0.2, -0.15) is 0 Å². The molecule has 0 spiro atoms. The van der Waals surface area contributed by atoms with E-state index in [4.69, 9.17) is 42.6 Å². The van der Waals surface area contributed by atoms with Gasteiger partial charge < -0.3 is 52.8 Å². The molecule has 1 heterocycles. The fourth-order valence-electron chi connectivity index (χ4n) is 5.55. The minimum absolute atomic E-state index is 0.154. The van der Waals surface area contributed by atoms with E-state index in [9.17, 15) is 4.79 Å². The maximum Gasteiger partial charge on any atom is 0.255 e. The number of aryl methyl sites for hydroxylation is 2. The summed E-state index contributed by atoms with van der Waals surface area (Å²) in [4.78, 5) is 20.3. The average Bonchev–Trinajstić information content (AvgIpc) is 3.21. The predicted molar refractivity (Wildman–Crippen MR) is 219 cm³/mol. The molecular formula is C43H65N3O10. The lowest BCUT2D eigenvalue weighted by atomic mass is 10.0. The molecule has 1 N–H and O–H groups in total. The van der Waals surface area contributed by atoms with Gasteiger partial charge >= 0.3 is 0 Å². The summed E-state index contributed by atoms with van der Waals surface area (Å²) in [6.45, 7) is 17.1. The Labute approximate surface area is 334 Å². The molecule has 13 nitrogen and oxygen atoms in total. The molecule has 13 heteroatoms. The highest BCUT2D eigenvalue weighted by Gasteiger charge is 2.15. The molecule has 0 saturated heterocycles. The maximum absolute atomic E-state index is 13.4. The van der Waals surface area contributed by atoms with E-state index in [-0.39, 0.29) is 5.91 Å². The third-order valence-electron chi connectivity index (χ3n) is 8.55. The quantitative estimate of drug-likeness (QED) is 0.0729. The zero-order valence-corrected chi connectivity index (χ0v) is 34.1. The second-order valence-corrected chi connectivity index (χ2v) is 12.8. The molecule has 0 bridgehead atoms. The van der Waals surface area contributed by atoms with Crippen molar-refractivity contribution < 1.29 is 47.4 Å². The topological polar surface area (TPSA) is 128 Å². The highest BCUT2D eigenvalue weighted by Crippen LogP contribution is 2.32. The van der Waals surface area contributed by atoms with Crippen LogP contribution in [0.3, 0.4) is 0 Å². The first-order valence-corrected chi connectivity index (χ1v) is 19.9. The lowest BCUT2D eigenvalue weighted by molar-refractivity contribution is -0.0243. The number of benzene rings is 2. The van der Waals surface area contributed by atoms with Gasteiger partial charge in [0.1, 0.15) is 0 Å². The largest absolute Gasteiger partial charge is 0.382 e. The number of pyridine rings is 1. The van der Waals surface area contributed by atoms with Crippen molar-refractivity contribution in [2.45, 2.75) is 33.6 Å². The van der Waals surface area contributed by atoms with Gasteiger partial charge in [-0.1, -0.05) is 12.1 Å². The average molecular weight is 784 g/mol. The van der Waals surface area contributed by atoms with E-state index >= 15 is 0 Å². The van der Waals surface area contributed by atoms with Crippen molar-refractivity contribution in [1.29, 1.82) is 0 Å². The summed E-state index contributed by atoms with van der Waals surface area (Å²) in [6.07, 6.45) is 3.45. The zero-order valence-electron chi connectivity index (χ0n) is 34.1. The Morgan fingerprint density at radius 3 is 1.64 bits per heavy atom. The second kappa shape index (κ2) is 30.6. The Bertz CT molecular complexity index is 1460. The van der Waals surface area contributed by atoms with Crippen molar-refractivity contribution in [3.8, 4) is 11.3 Å². The Morgan fingerprint density at radius 1 is 0.625 bits per heavy atom.